The predicted molar refractivity (Wildman–Crippen MR) is 138 cm³/mol. The third kappa shape index (κ3) is 7.59. The Balaban J connectivity index is 1.66. The SMILES string of the molecule is CCOc1cc(C=NN=C(N)SCc2ccccc2)cc(I)c1OCc1ccccc1. The third-order valence-corrected chi connectivity index (χ3v) is 5.81. The third-order valence-electron chi connectivity index (χ3n) is 4.15. The number of hydrogen-bond donors (Lipinski definition) is 1. The quantitative estimate of drug-likeness (QED) is 0.159. The van der Waals surface area contributed by atoms with Crippen LogP contribution in [0.1, 0.15) is 23.6 Å². The van der Waals surface area contributed by atoms with Crippen LogP contribution >= 0.6 is 34.4 Å². The van der Waals surface area contributed by atoms with Crippen molar-refractivity contribution in [2.24, 2.45) is 15.9 Å². The first kappa shape index (κ1) is 23.1. The fourth-order valence-electron chi connectivity index (χ4n) is 2.71. The molecule has 0 aliphatic carbocycles. The van der Waals surface area contributed by atoms with Gasteiger partial charge in [0.25, 0.3) is 0 Å². The summed E-state index contributed by atoms with van der Waals surface area (Å²) in [5.74, 6) is 2.16. The van der Waals surface area contributed by atoms with Gasteiger partial charge in [-0.1, -0.05) is 72.4 Å². The molecular formula is C24H24IN3O2S. The van der Waals surface area contributed by atoms with Crippen molar-refractivity contribution in [1.82, 2.24) is 0 Å². The Labute approximate surface area is 200 Å². The Morgan fingerprint density at radius 2 is 1.68 bits per heavy atom. The molecular weight excluding hydrogens is 521 g/mol. The van der Waals surface area contributed by atoms with Gasteiger partial charge in [0.15, 0.2) is 16.7 Å². The first-order valence-electron chi connectivity index (χ1n) is 9.82. The maximum absolute atomic E-state index is 6.05. The summed E-state index contributed by atoms with van der Waals surface area (Å²) < 4.78 is 12.8. The molecule has 0 aliphatic heterocycles. The molecule has 0 aliphatic rings. The molecule has 0 unspecified atom stereocenters. The number of ether oxygens (including phenoxy) is 2. The van der Waals surface area contributed by atoms with E-state index in [0.717, 1.165) is 26.2 Å². The lowest BCUT2D eigenvalue weighted by atomic mass is 10.2. The summed E-state index contributed by atoms with van der Waals surface area (Å²) in [5.41, 5.74) is 9.12. The maximum atomic E-state index is 6.05. The molecule has 31 heavy (non-hydrogen) atoms. The van der Waals surface area contributed by atoms with Crippen LogP contribution in [0.15, 0.2) is 83.0 Å². The van der Waals surface area contributed by atoms with E-state index in [4.69, 9.17) is 15.2 Å². The average molecular weight is 545 g/mol. The van der Waals surface area contributed by atoms with Crippen LogP contribution in [0.3, 0.4) is 0 Å². The Kier molecular flexibility index (Phi) is 9.23. The second kappa shape index (κ2) is 12.4. The van der Waals surface area contributed by atoms with Crippen molar-refractivity contribution in [1.29, 1.82) is 0 Å². The van der Waals surface area contributed by atoms with Crippen LogP contribution < -0.4 is 15.2 Å². The second-order valence-electron chi connectivity index (χ2n) is 6.49. The summed E-state index contributed by atoms with van der Waals surface area (Å²) in [6.07, 6.45) is 1.67. The molecule has 0 aromatic heterocycles. The predicted octanol–water partition coefficient (Wildman–Crippen LogP) is 5.85. The average Bonchev–Trinajstić information content (AvgIpc) is 2.79. The van der Waals surface area contributed by atoms with Gasteiger partial charge in [-0.3, -0.25) is 0 Å². The zero-order chi connectivity index (χ0) is 21.9. The molecule has 160 valence electrons. The molecule has 0 radical (unpaired) electrons. The molecule has 0 saturated heterocycles. The Hall–Kier alpha value is -2.52. The van der Waals surface area contributed by atoms with E-state index in [1.165, 1.54) is 17.3 Å². The number of rotatable bonds is 9. The van der Waals surface area contributed by atoms with Crippen molar-refractivity contribution in [2.75, 3.05) is 6.61 Å². The molecule has 2 N–H and O–H groups in total. The summed E-state index contributed by atoms with van der Waals surface area (Å²) >= 11 is 3.70. The van der Waals surface area contributed by atoms with Crippen LogP contribution in [0.25, 0.3) is 0 Å². The Bertz CT molecular complexity index is 1030. The van der Waals surface area contributed by atoms with E-state index in [1.54, 1.807) is 6.21 Å². The van der Waals surface area contributed by atoms with Crippen LogP contribution in [0.4, 0.5) is 0 Å². The number of hydrogen-bond acceptors (Lipinski definition) is 5. The minimum atomic E-state index is 0.419. The molecule has 5 nitrogen and oxygen atoms in total. The van der Waals surface area contributed by atoms with Crippen LogP contribution in [-0.2, 0) is 12.4 Å². The summed E-state index contributed by atoms with van der Waals surface area (Å²) in [4.78, 5) is 0. The lowest BCUT2D eigenvalue weighted by molar-refractivity contribution is 0.267. The van der Waals surface area contributed by atoms with Crippen LogP contribution in [0, 0.1) is 3.57 Å². The van der Waals surface area contributed by atoms with Gasteiger partial charge >= 0.3 is 0 Å². The topological polar surface area (TPSA) is 69.2 Å². The molecule has 3 rings (SSSR count). The highest BCUT2D eigenvalue weighted by molar-refractivity contribution is 14.1. The van der Waals surface area contributed by atoms with Gasteiger partial charge in [-0.15, -0.1) is 5.10 Å². The number of benzene rings is 3. The first-order chi connectivity index (χ1) is 15.2. The Morgan fingerprint density at radius 3 is 2.35 bits per heavy atom. The number of nitrogens with two attached hydrogens (primary N) is 1. The molecule has 0 bridgehead atoms. The highest BCUT2D eigenvalue weighted by Gasteiger charge is 2.12. The van der Waals surface area contributed by atoms with Gasteiger partial charge in [-0.2, -0.15) is 5.10 Å². The zero-order valence-electron chi connectivity index (χ0n) is 17.2. The number of thioether (sulfide) groups is 1. The monoisotopic (exact) mass is 545 g/mol. The van der Waals surface area contributed by atoms with Crippen LogP contribution in [0.2, 0.25) is 0 Å². The number of nitrogens with zero attached hydrogens (tertiary/aromatic N) is 2. The maximum Gasteiger partial charge on any atom is 0.180 e. The van der Waals surface area contributed by atoms with Crippen molar-refractivity contribution >= 4 is 45.7 Å². The van der Waals surface area contributed by atoms with Crippen molar-refractivity contribution in [3.8, 4) is 11.5 Å². The molecule has 3 aromatic rings. The molecule has 0 atom stereocenters. The fourth-order valence-corrected chi connectivity index (χ4v) is 4.10. The summed E-state index contributed by atoms with van der Waals surface area (Å²) in [6.45, 7) is 2.97. The van der Waals surface area contributed by atoms with E-state index < -0.39 is 0 Å². The van der Waals surface area contributed by atoms with Gasteiger partial charge in [0.1, 0.15) is 6.61 Å². The van der Waals surface area contributed by atoms with Crippen molar-refractivity contribution in [3.05, 3.63) is 93.1 Å². The van der Waals surface area contributed by atoms with Crippen LogP contribution in [-0.4, -0.2) is 18.0 Å². The van der Waals surface area contributed by atoms with Gasteiger partial charge in [0.05, 0.1) is 16.4 Å². The normalized spacial score (nSPS) is 11.6. The minimum absolute atomic E-state index is 0.419. The number of amidine groups is 1. The van der Waals surface area contributed by atoms with Crippen LogP contribution in [0.5, 0.6) is 11.5 Å². The molecule has 0 saturated carbocycles. The minimum Gasteiger partial charge on any atom is -0.490 e. The molecule has 0 heterocycles. The summed E-state index contributed by atoms with van der Waals surface area (Å²) in [5, 5.41) is 8.65. The van der Waals surface area contributed by atoms with Crippen molar-refractivity contribution in [2.45, 2.75) is 19.3 Å². The van der Waals surface area contributed by atoms with Crippen molar-refractivity contribution < 1.29 is 9.47 Å². The Morgan fingerprint density at radius 1 is 1.00 bits per heavy atom. The van der Waals surface area contributed by atoms with Gasteiger partial charge in [-0.05, 0) is 58.3 Å². The largest absolute Gasteiger partial charge is 0.490 e. The van der Waals surface area contributed by atoms with Gasteiger partial charge in [0.2, 0.25) is 0 Å². The number of halogens is 1. The van der Waals surface area contributed by atoms with E-state index in [9.17, 15) is 0 Å². The molecule has 7 heteroatoms. The van der Waals surface area contributed by atoms with E-state index in [1.807, 2.05) is 67.6 Å². The second-order valence-corrected chi connectivity index (χ2v) is 8.65. The summed E-state index contributed by atoms with van der Waals surface area (Å²) in [7, 11) is 0. The van der Waals surface area contributed by atoms with Gasteiger partial charge in [-0.25, -0.2) is 0 Å². The van der Waals surface area contributed by atoms with E-state index >= 15 is 0 Å². The molecule has 3 aromatic carbocycles. The standard InChI is InChI=1S/C24H24IN3O2S/c1-2-29-22-14-20(13-21(25)23(22)30-16-18-9-5-3-6-10-18)15-27-28-24(26)31-17-19-11-7-4-8-12-19/h3-15H,2,16-17H2,1H3,(H2,26,28). The zero-order valence-corrected chi connectivity index (χ0v) is 20.2. The van der Waals surface area contributed by atoms with E-state index in [-0.39, 0.29) is 0 Å². The van der Waals surface area contributed by atoms with E-state index in [0.29, 0.717) is 24.1 Å². The van der Waals surface area contributed by atoms with Crippen molar-refractivity contribution in [3.63, 3.8) is 0 Å². The summed E-state index contributed by atoms with van der Waals surface area (Å²) in [6, 6.07) is 24.1. The van der Waals surface area contributed by atoms with E-state index in [2.05, 4.69) is 44.9 Å². The van der Waals surface area contributed by atoms with Gasteiger partial charge < -0.3 is 15.2 Å². The smallest absolute Gasteiger partial charge is 0.180 e. The molecule has 0 fully saturated rings. The highest BCUT2D eigenvalue weighted by atomic mass is 127. The first-order valence-corrected chi connectivity index (χ1v) is 11.9. The molecule has 0 amide bonds. The fraction of sp³-hybridized carbons (Fsp3) is 0.167. The highest BCUT2D eigenvalue weighted by Crippen LogP contribution is 2.34. The molecule has 0 spiro atoms. The lowest BCUT2D eigenvalue weighted by Gasteiger charge is -2.14. The van der Waals surface area contributed by atoms with Gasteiger partial charge in [0, 0.05) is 5.75 Å². The lowest BCUT2D eigenvalue weighted by Crippen LogP contribution is -2.06.